The zero-order valence-corrected chi connectivity index (χ0v) is 18.4. The van der Waals surface area contributed by atoms with Crippen LogP contribution in [0.1, 0.15) is 50.8 Å². The monoisotopic (exact) mass is 405 g/mol. The van der Waals surface area contributed by atoms with Crippen LogP contribution in [0.25, 0.3) is 11.0 Å². The SMILES string of the molecule is CN1CCCC(C(Oc2ccc3c(=O)c(C(C)(C)C)coc3c2)c2ccccc2)C1. The van der Waals surface area contributed by atoms with E-state index in [1.807, 2.05) is 45.0 Å². The molecule has 0 bridgehead atoms. The van der Waals surface area contributed by atoms with E-state index < -0.39 is 0 Å². The molecule has 4 heteroatoms. The van der Waals surface area contributed by atoms with E-state index in [0.29, 0.717) is 22.5 Å². The molecule has 3 aromatic rings. The molecule has 158 valence electrons. The Morgan fingerprint density at radius 3 is 2.60 bits per heavy atom. The molecule has 1 aliphatic rings. The van der Waals surface area contributed by atoms with E-state index in [-0.39, 0.29) is 16.9 Å². The van der Waals surface area contributed by atoms with Gasteiger partial charge in [0.25, 0.3) is 0 Å². The van der Waals surface area contributed by atoms with Crippen LogP contribution >= 0.6 is 0 Å². The second-order valence-electron chi connectivity index (χ2n) is 9.50. The lowest BCUT2D eigenvalue weighted by Crippen LogP contribution is -2.36. The predicted octanol–water partition coefficient (Wildman–Crippen LogP) is 5.55. The zero-order valence-electron chi connectivity index (χ0n) is 18.4. The van der Waals surface area contributed by atoms with Crippen molar-refractivity contribution in [2.24, 2.45) is 5.92 Å². The van der Waals surface area contributed by atoms with Gasteiger partial charge in [0.05, 0.1) is 11.6 Å². The van der Waals surface area contributed by atoms with E-state index in [2.05, 4.69) is 36.2 Å². The highest BCUT2D eigenvalue weighted by Crippen LogP contribution is 2.34. The molecule has 2 aromatic carbocycles. The average Bonchev–Trinajstić information content (AvgIpc) is 2.72. The highest BCUT2D eigenvalue weighted by Gasteiger charge is 2.29. The third-order valence-electron chi connectivity index (χ3n) is 6.03. The first kappa shape index (κ1) is 20.7. The summed E-state index contributed by atoms with van der Waals surface area (Å²) in [5.74, 6) is 1.15. The molecule has 0 amide bonds. The van der Waals surface area contributed by atoms with E-state index in [1.54, 1.807) is 6.26 Å². The van der Waals surface area contributed by atoms with Crippen LogP contribution in [0.15, 0.2) is 64.0 Å². The maximum atomic E-state index is 12.9. The third-order valence-corrected chi connectivity index (χ3v) is 6.03. The summed E-state index contributed by atoms with van der Waals surface area (Å²) < 4.78 is 12.4. The van der Waals surface area contributed by atoms with Gasteiger partial charge >= 0.3 is 0 Å². The maximum Gasteiger partial charge on any atom is 0.196 e. The Bertz CT molecular complexity index is 1070. The van der Waals surface area contributed by atoms with Crippen molar-refractivity contribution in [3.05, 3.63) is 76.1 Å². The highest BCUT2D eigenvalue weighted by molar-refractivity contribution is 5.78. The molecular formula is C26H31NO3. The van der Waals surface area contributed by atoms with E-state index in [4.69, 9.17) is 9.15 Å². The number of nitrogens with zero attached hydrogens (tertiary/aromatic N) is 1. The molecule has 4 nitrogen and oxygen atoms in total. The minimum Gasteiger partial charge on any atom is -0.485 e. The van der Waals surface area contributed by atoms with Gasteiger partial charge in [-0.1, -0.05) is 51.1 Å². The summed E-state index contributed by atoms with van der Waals surface area (Å²) in [6.07, 6.45) is 3.88. The molecule has 30 heavy (non-hydrogen) atoms. The topological polar surface area (TPSA) is 42.7 Å². The summed E-state index contributed by atoms with van der Waals surface area (Å²) in [7, 11) is 2.17. The van der Waals surface area contributed by atoms with Gasteiger partial charge in [0.1, 0.15) is 17.4 Å². The van der Waals surface area contributed by atoms with Crippen LogP contribution in [-0.4, -0.2) is 25.0 Å². The molecule has 0 aliphatic carbocycles. The van der Waals surface area contributed by atoms with Crippen LogP contribution in [-0.2, 0) is 5.41 Å². The van der Waals surface area contributed by atoms with Gasteiger partial charge in [0.2, 0.25) is 0 Å². The molecule has 1 aliphatic heterocycles. The van der Waals surface area contributed by atoms with Crippen LogP contribution in [0, 0.1) is 5.92 Å². The third kappa shape index (κ3) is 4.29. The summed E-state index contributed by atoms with van der Waals surface area (Å²) >= 11 is 0. The van der Waals surface area contributed by atoms with Crippen LogP contribution in [0.4, 0.5) is 0 Å². The fourth-order valence-electron chi connectivity index (χ4n) is 4.38. The Hall–Kier alpha value is -2.59. The first-order valence-electron chi connectivity index (χ1n) is 10.8. The lowest BCUT2D eigenvalue weighted by Gasteiger charge is -2.35. The number of rotatable bonds is 4. The minimum atomic E-state index is -0.255. The van der Waals surface area contributed by atoms with Gasteiger partial charge in [-0.3, -0.25) is 4.79 Å². The number of hydrogen-bond donors (Lipinski definition) is 0. The first-order valence-corrected chi connectivity index (χ1v) is 10.8. The molecular weight excluding hydrogens is 374 g/mol. The molecule has 0 N–H and O–H groups in total. The largest absolute Gasteiger partial charge is 0.485 e. The van der Waals surface area contributed by atoms with E-state index in [1.165, 1.54) is 12.0 Å². The number of ether oxygens (including phenoxy) is 1. The van der Waals surface area contributed by atoms with Crippen molar-refractivity contribution in [1.29, 1.82) is 0 Å². The molecule has 2 unspecified atom stereocenters. The molecule has 0 spiro atoms. The maximum absolute atomic E-state index is 12.9. The number of benzene rings is 2. The van der Waals surface area contributed by atoms with Gasteiger partial charge in [-0.05, 0) is 49.5 Å². The van der Waals surface area contributed by atoms with Crippen molar-refractivity contribution in [2.75, 3.05) is 20.1 Å². The summed E-state index contributed by atoms with van der Waals surface area (Å²) in [6, 6.07) is 16.0. The normalized spacial score (nSPS) is 19.0. The zero-order chi connectivity index (χ0) is 21.3. The van der Waals surface area contributed by atoms with Crippen molar-refractivity contribution < 1.29 is 9.15 Å². The lowest BCUT2D eigenvalue weighted by atomic mass is 9.87. The first-order chi connectivity index (χ1) is 14.3. The van der Waals surface area contributed by atoms with Crippen LogP contribution < -0.4 is 10.2 Å². The Morgan fingerprint density at radius 2 is 1.90 bits per heavy atom. The van der Waals surface area contributed by atoms with Crippen molar-refractivity contribution in [3.8, 4) is 5.75 Å². The Kier molecular flexibility index (Phi) is 5.70. The van der Waals surface area contributed by atoms with Gasteiger partial charge in [-0.2, -0.15) is 0 Å². The minimum absolute atomic E-state index is 0.0313. The van der Waals surface area contributed by atoms with E-state index in [0.717, 1.165) is 25.3 Å². The second kappa shape index (κ2) is 8.27. The number of hydrogen-bond acceptors (Lipinski definition) is 4. The summed E-state index contributed by atoms with van der Waals surface area (Å²) in [5, 5.41) is 0.600. The average molecular weight is 406 g/mol. The van der Waals surface area contributed by atoms with Crippen LogP contribution in [0.3, 0.4) is 0 Å². The van der Waals surface area contributed by atoms with Gasteiger partial charge in [-0.15, -0.1) is 0 Å². The molecule has 0 saturated carbocycles. The van der Waals surface area contributed by atoms with Gasteiger partial charge < -0.3 is 14.1 Å². The molecule has 1 fully saturated rings. The molecule has 0 radical (unpaired) electrons. The Labute approximate surface area is 178 Å². The number of likely N-dealkylation sites (tertiary alicyclic amines) is 1. The van der Waals surface area contributed by atoms with Crippen molar-refractivity contribution in [2.45, 2.75) is 45.1 Å². The summed E-state index contributed by atoms with van der Waals surface area (Å²) in [4.78, 5) is 15.3. The van der Waals surface area contributed by atoms with E-state index >= 15 is 0 Å². The Balaban J connectivity index is 1.68. The van der Waals surface area contributed by atoms with Crippen molar-refractivity contribution in [3.63, 3.8) is 0 Å². The highest BCUT2D eigenvalue weighted by atomic mass is 16.5. The van der Waals surface area contributed by atoms with E-state index in [9.17, 15) is 4.79 Å². The quantitative estimate of drug-likeness (QED) is 0.570. The van der Waals surface area contributed by atoms with Gasteiger partial charge in [0, 0.05) is 24.1 Å². The second-order valence-corrected chi connectivity index (χ2v) is 9.50. The molecule has 4 rings (SSSR count). The number of piperidine rings is 1. The summed E-state index contributed by atoms with van der Waals surface area (Å²) in [6.45, 7) is 8.21. The predicted molar refractivity (Wildman–Crippen MR) is 121 cm³/mol. The fraction of sp³-hybridized carbons (Fsp3) is 0.423. The van der Waals surface area contributed by atoms with Crippen LogP contribution in [0.5, 0.6) is 5.75 Å². The van der Waals surface area contributed by atoms with Gasteiger partial charge in [-0.25, -0.2) is 0 Å². The fourth-order valence-corrected chi connectivity index (χ4v) is 4.38. The molecule has 2 heterocycles. The summed E-state index contributed by atoms with van der Waals surface area (Å²) in [5.41, 5.74) is 2.22. The smallest absolute Gasteiger partial charge is 0.196 e. The Morgan fingerprint density at radius 1 is 1.13 bits per heavy atom. The van der Waals surface area contributed by atoms with Crippen molar-refractivity contribution in [1.82, 2.24) is 4.90 Å². The standard InChI is InChI=1S/C26H31NO3/c1-26(2,3)22-17-29-23-15-20(12-13-21(23)24(22)28)30-25(18-9-6-5-7-10-18)19-11-8-14-27(4)16-19/h5-7,9-10,12-13,15,17,19,25H,8,11,14,16H2,1-4H3. The lowest BCUT2D eigenvalue weighted by molar-refractivity contribution is 0.0777. The molecule has 1 saturated heterocycles. The molecule has 2 atom stereocenters. The van der Waals surface area contributed by atoms with Crippen LogP contribution in [0.2, 0.25) is 0 Å². The van der Waals surface area contributed by atoms with Gasteiger partial charge in [0.15, 0.2) is 5.43 Å². The molecule has 1 aromatic heterocycles. The van der Waals surface area contributed by atoms with Crippen molar-refractivity contribution >= 4 is 11.0 Å². The number of fused-ring (bicyclic) bond motifs is 1.